The largest absolute Gasteiger partial charge is 0.493 e. The number of hydrogen-bond donors (Lipinski definition) is 2. The fourth-order valence-electron chi connectivity index (χ4n) is 1.93. The van der Waals surface area contributed by atoms with Crippen LogP contribution in [0, 0.1) is 11.6 Å². The minimum Gasteiger partial charge on any atom is -0.493 e. The van der Waals surface area contributed by atoms with Gasteiger partial charge in [0.25, 0.3) is 11.8 Å². The van der Waals surface area contributed by atoms with Gasteiger partial charge in [0, 0.05) is 5.56 Å². The number of amides is 2. The molecule has 0 aliphatic carbocycles. The zero-order valence-corrected chi connectivity index (χ0v) is 13.9. The van der Waals surface area contributed by atoms with Gasteiger partial charge in [-0.1, -0.05) is 11.6 Å². The lowest BCUT2D eigenvalue weighted by Gasteiger charge is -2.11. The van der Waals surface area contributed by atoms with Crippen LogP contribution in [0.4, 0.5) is 8.78 Å². The van der Waals surface area contributed by atoms with Gasteiger partial charge in [0.2, 0.25) is 0 Å². The molecule has 2 aromatic carbocycles. The molecule has 2 aromatic rings. The van der Waals surface area contributed by atoms with Crippen LogP contribution in [-0.2, 0) is 0 Å². The van der Waals surface area contributed by atoms with Crippen molar-refractivity contribution in [3.63, 3.8) is 0 Å². The fourth-order valence-corrected chi connectivity index (χ4v) is 2.16. The number of carbonyl (C=O) groups excluding carboxylic acids is 2. The Labute approximate surface area is 146 Å². The van der Waals surface area contributed by atoms with E-state index in [9.17, 15) is 18.4 Å². The molecule has 0 bridgehead atoms. The normalized spacial score (nSPS) is 10.1. The van der Waals surface area contributed by atoms with E-state index in [4.69, 9.17) is 21.1 Å². The molecule has 0 aromatic heterocycles. The number of ether oxygens (including phenoxy) is 2. The molecular weight excluding hydrogens is 358 g/mol. The summed E-state index contributed by atoms with van der Waals surface area (Å²) in [6.45, 7) is 0. The van der Waals surface area contributed by atoms with Crippen molar-refractivity contribution in [2.24, 2.45) is 0 Å². The first kappa shape index (κ1) is 18.5. The van der Waals surface area contributed by atoms with E-state index in [2.05, 4.69) is 10.9 Å². The summed E-state index contributed by atoms with van der Waals surface area (Å²) in [5, 5.41) is -0.295. The van der Waals surface area contributed by atoms with Crippen molar-refractivity contribution >= 4 is 23.4 Å². The molecule has 0 atom stereocenters. The van der Waals surface area contributed by atoms with Crippen molar-refractivity contribution in [1.29, 1.82) is 0 Å². The summed E-state index contributed by atoms with van der Waals surface area (Å²) in [7, 11) is 2.86. The summed E-state index contributed by atoms with van der Waals surface area (Å²) in [4.78, 5) is 24.0. The Bertz CT molecular complexity index is 830. The highest BCUT2D eigenvalue weighted by Crippen LogP contribution is 2.27. The van der Waals surface area contributed by atoms with E-state index in [1.54, 1.807) is 0 Å². The molecule has 0 aliphatic rings. The highest BCUT2D eigenvalue weighted by Gasteiger charge is 2.16. The zero-order chi connectivity index (χ0) is 18.6. The number of methoxy groups -OCH3 is 2. The minimum absolute atomic E-state index is 0.175. The van der Waals surface area contributed by atoms with Crippen LogP contribution in [-0.4, -0.2) is 26.0 Å². The third kappa shape index (κ3) is 4.16. The van der Waals surface area contributed by atoms with Crippen molar-refractivity contribution in [1.82, 2.24) is 10.9 Å². The Kier molecular flexibility index (Phi) is 5.76. The molecule has 0 heterocycles. The summed E-state index contributed by atoms with van der Waals surface area (Å²) < 4.78 is 36.3. The van der Waals surface area contributed by atoms with Crippen LogP contribution in [0.15, 0.2) is 30.3 Å². The summed E-state index contributed by atoms with van der Waals surface area (Å²) in [5.41, 5.74) is 4.05. The highest BCUT2D eigenvalue weighted by atomic mass is 35.5. The molecule has 2 amide bonds. The first-order valence-electron chi connectivity index (χ1n) is 6.84. The van der Waals surface area contributed by atoms with Gasteiger partial charge >= 0.3 is 0 Å². The summed E-state index contributed by atoms with van der Waals surface area (Å²) in [6, 6.07) is 5.68. The molecule has 25 heavy (non-hydrogen) atoms. The van der Waals surface area contributed by atoms with Gasteiger partial charge in [-0.2, -0.15) is 0 Å². The van der Waals surface area contributed by atoms with Crippen molar-refractivity contribution in [3.05, 3.63) is 58.1 Å². The molecule has 132 valence electrons. The maximum Gasteiger partial charge on any atom is 0.271 e. The first-order chi connectivity index (χ1) is 11.9. The Morgan fingerprint density at radius 3 is 2.16 bits per heavy atom. The molecule has 0 unspecified atom stereocenters. The Morgan fingerprint density at radius 2 is 1.52 bits per heavy atom. The van der Waals surface area contributed by atoms with Crippen molar-refractivity contribution in [2.45, 2.75) is 0 Å². The van der Waals surface area contributed by atoms with E-state index in [-0.39, 0.29) is 16.1 Å². The molecule has 0 spiro atoms. The molecule has 0 saturated carbocycles. The average Bonchev–Trinajstić information content (AvgIpc) is 2.61. The SMILES string of the molecule is COc1ccc(C(=O)NNC(=O)c2cc(F)c(F)cc2Cl)cc1OC. The predicted molar refractivity (Wildman–Crippen MR) is 85.8 cm³/mol. The number of rotatable bonds is 4. The number of halogens is 3. The van der Waals surface area contributed by atoms with Gasteiger partial charge in [0.15, 0.2) is 23.1 Å². The van der Waals surface area contributed by atoms with E-state index < -0.39 is 23.4 Å². The van der Waals surface area contributed by atoms with Crippen LogP contribution in [0.2, 0.25) is 5.02 Å². The Morgan fingerprint density at radius 1 is 0.920 bits per heavy atom. The van der Waals surface area contributed by atoms with Gasteiger partial charge in [0.05, 0.1) is 24.8 Å². The summed E-state index contributed by atoms with van der Waals surface area (Å²) in [6.07, 6.45) is 0. The second kappa shape index (κ2) is 7.80. The lowest BCUT2D eigenvalue weighted by molar-refractivity contribution is 0.0846. The molecular formula is C16H13ClF2N2O4. The summed E-state index contributed by atoms with van der Waals surface area (Å²) >= 11 is 5.69. The summed E-state index contributed by atoms with van der Waals surface area (Å²) in [5.74, 6) is -3.23. The van der Waals surface area contributed by atoms with E-state index in [0.29, 0.717) is 23.6 Å². The first-order valence-corrected chi connectivity index (χ1v) is 7.22. The molecule has 9 heteroatoms. The van der Waals surface area contributed by atoms with Crippen LogP contribution < -0.4 is 20.3 Å². The van der Waals surface area contributed by atoms with Crippen molar-refractivity contribution in [3.8, 4) is 11.5 Å². The van der Waals surface area contributed by atoms with Crippen LogP contribution in [0.25, 0.3) is 0 Å². The van der Waals surface area contributed by atoms with Gasteiger partial charge in [-0.05, 0) is 30.3 Å². The van der Waals surface area contributed by atoms with E-state index in [0.717, 1.165) is 0 Å². The number of hydrogen-bond acceptors (Lipinski definition) is 4. The second-order valence-corrected chi connectivity index (χ2v) is 5.13. The Hall–Kier alpha value is -2.87. The monoisotopic (exact) mass is 370 g/mol. The fraction of sp³-hybridized carbons (Fsp3) is 0.125. The number of carbonyl (C=O) groups is 2. The lowest BCUT2D eigenvalue weighted by Crippen LogP contribution is -2.41. The van der Waals surface area contributed by atoms with Gasteiger partial charge in [-0.3, -0.25) is 20.4 Å². The maximum atomic E-state index is 13.2. The van der Waals surface area contributed by atoms with Gasteiger partial charge in [0.1, 0.15) is 0 Å². The highest BCUT2D eigenvalue weighted by molar-refractivity contribution is 6.33. The number of benzene rings is 2. The molecule has 0 saturated heterocycles. The van der Waals surface area contributed by atoms with E-state index >= 15 is 0 Å². The standard InChI is InChI=1S/C16H13ClF2N2O4/c1-24-13-4-3-8(5-14(13)25-2)15(22)20-21-16(23)9-6-11(18)12(19)7-10(9)17/h3-7H,1-2H3,(H,20,22)(H,21,23). The van der Waals surface area contributed by atoms with Gasteiger partial charge in [-0.25, -0.2) is 8.78 Å². The molecule has 2 N–H and O–H groups in total. The average molecular weight is 371 g/mol. The van der Waals surface area contributed by atoms with Gasteiger partial charge in [-0.15, -0.1) is 0 Å². The number of nitrogens with one attached hydrogen (secondary N) is 2. The molecule has 0 aliphatic heterocycles. The van der Waals surface area contributed by atoms with Crippen molar-refractivity contribution < 1.29 is 27.8 Å². The zero-order valence-electron chi connectivity index (χ0n) is 13.2. The van der Waals surface area contributed by atoms with E-state index in [1.807, 2.05) is 0 Å². The van der Waals surface area contributed by atoms with Crippen LogP contribution in [0.1, 0.15) is 20.7 Å². The topological polar surface area (TPSA) is 76.7 Å². The molecule has 0 radical (unpaired) electrons. The third-order valence-electron chi connectivity index (χ3n) is 3.19. The smallest absolute Gasteiger partial charge is 0.271 e. The van der Waals surface area contributed by atoms with Gasteiger partial charge < -0.3 is 9.47 Å². The second-order valence-electron chi connectivity index (χ2n) is 4.72. The minimum atomic E-state index is -1.24. The predicted octanol–water partition coefficient (Wildman–Crippen LogP) is 2.71. The maximum absolute atomic E-state index is 13.2. The number of hydrazine groups is 1. The van der Waals surface area contributed by atoms with E-state index in [1.165, 1.54) is 32.4 Å². The van der Waals surface area contributed by atoms with Crippen molar-refractivity contribution in [2.75, 3.05) is 14.2 Å². The Balaban J connectivity index is 2.09. The quantitative estimate of drug-likeness (QED) is 0.641. The molecule has 6 nitrogen and oxygen atoms in total. The van der Waals surface area contributed by atoms with Crippen LogP contribution in [0.3, 0.4) is 0 Å². The molecule has 2 rings (SSSR count). The molecule has 0 fully saturated rings. The third-order valence-corrected chi connectivity index (χ3v) is 3.50. The van der Waals surface area contributed by atoms with Crippen LogP contribution >= 0.6 is 11.6 Å². The van der Waals surface area contributed by atoms with Crippen LogP contribution in [0.5, 0.6) is 11.5 Å². The lowest BCUT2D eigenvalue weighted by atomic mass is 10.2.